The molecule has 0 saturated carbocycles. The fourth-order valence-electron chi connectivity index (χ4n) is 3.37. The Hall–Kier alpha value is -0.940. The summed E-state index contributed by atoms with van der Waals surface area (Å²) in [5.74, 6) is 0. The van der Waals surface area contributed by atoms with Gasteiger partial charge in [0.1, 0.15) is 0 Å². The van der Waals surface area contributed by atoms with Gasteiger partial charge in [0.15, 0.2) is 0 Å². The number of ether oxygens (including phenoxy) is 3. The number of methoxy groups -OCH3 is 2. The van der Waals surface area contributed by atoms with Crippen molar-refractivity contribution in [2.24, 2.45) is 0 Å². The Kier molecular flexibility index (Phi) is 6.81. The highest BCUT2D eigenvalue weighted by Gasteiger charge is 2.25. The monoisotopic (exact) mass is 335 g/mol. The molecule has 1 aliphatic heterocycles. The van der Waals surface area contributed by atoms with Crippen LogP contribution in [0.2, 0.25) is 0 Å². The standard InChI is InChI=1S/C20H33NO3/c1-15-12-21(13-16(2)24-15)14-19(22-5)11-17-7-9-18(10-8-17)20(3,4)23-6/h7-10,15-16,19H,11-14H2,1-6H3. The second kappa shape index (κ2) is 8.43. The van der Waals surface area contributed by atoms with Crippen LogP contribution in [0.1, 0.15) is 38.8 Å². The summed E-state index contributed by atoms with van der Waals surface area (Å²) < 4.78 is 17.1. The van der Waals surface area contributed by atoms with Crippen LogP contribution in [0.5, 0.6) is 0 Å². The molecule has 1 aromatic rings. The highest BCUT2D eigenvalue weighted by molar-refractivity contribution is 5.27. The maximum atomic E-state index is 5.81. The molecular weight excluding hydrogens is 302 g/mol. The van der Waals surface area contributed by atoms with Crippen molar-refractivity contribution in [3.8, 4) is 0 Å². The maximum Gasteiger partial charge on any atom is 0.0871 e. The smallest absolute Gasteiger partial charge is 0.0871 e. The van der Waals surface area contributed by atoms with Crippen molar-refractivity contribution in [3.63, 3.8) is 0 Å². The molecule has 136 valence electrons. The van der Waals surface area contributed by atoms with Gasteiger partial charge in [-0.25, -0.2) is 0 Å². The molecule has 1 aliphatic rings. The third-order valence-corrected chi connectivity index (χ3v) is 4.91. The topological polar surface area (TPSA) is 30.9 Å². The molecule has 1 fully saturated rings. The molecule has 3 atom stereocenters. The van der Waals surface area contributed by atoms with Crippen molar-refractivity contribution >= 4 is 0 Å². The minimum atomic E-state index is -0.251. The number of nitrogens with zero attached hydrogens (tertiary/aromatic N) is 1. The molecule has 1 saturated heterocycles. The molecule has 4 heteroatoms. The number of benzene rings is 1. The van der Waals surface area contributed by atoms with Crippen molar-refractivity contribution in [2.45, 2.75) is 58.0 Å². The van der Waals surface area contributed by atoms with Crippen LogP contribution in [0.4, 0.5) is 0 Å². The Morgan fingerprint density at radius 1 is 1.12 bits per heavy atom. The highest BCUT2D eigenvalue weighted by atomic mass is 16.5. The van der Waals surface area contributed by atoms with E-state index in [4.69, 9.17) is 14.2 Å². The van der Waals surface area contributed by atoms with Crippen LogP contribution in [0.25, 0.3) is 0 Å². The van der Waals surface area contributed by atoms with Crippen LogP contribution in [0, 0.1) is 0 Å². The van der Waals surface area contributed by atoms with Crippen LogP contribution in [-0.4, -0.2) is 57.1 Å². The minimum Gasteiger partial charge on any atom is -0.380 e. The van der Waals surface area contributed by atoms with Crippen molar-refractivity contribution in [2.75, 3.05) is 33.9 Å². The van der Waals surface area contributed by atoms with E-state index in [9.17, 15) is 0 Å². The second-order valence-electron chi connectivity index (χ2n) is 7.45. The van der Waals surface area contributed by atoms with E-state index in [1.54, 1.807) is 14.2 Å². The predicted molar refractivity (Wildman–Crippen MR) is 97.4 cm³/mol. The van der Waals surface area contributed by atoms with E-state index in [0.29, 0.717) is 12.2 Å². The molecule has 0 amide bonds. The summed E-state index contributed by atoms with van der Waals surface area (Å²) >= 11 is 0. The van der Waals surface area contributed by atoms with Crippen LogP contribution in [0.15, 0.2) is 24.3 Å². The van der Waals surface area contributed by atoms with Gasteiger partial charge in [-0.2, -0.15) is 0 Å². The number of hydrogen-bond acceptors (Lipinski definition) is 4. The number of rotatable bonds is 7. The zero-order chi connectivity index (χ0) is 17.7. The zero-order valence-corrected chi connectivity index (χ0v) is 16.0. The van der Waals surface area contributed by atoms with Crippen molar-refractivity contribution in [1.82, 2.24) is 4.90 Å². The van der Waals surface area contributed by atoms with Gasteiger partial charge in [-0.1, -0.05) is 24.3 Å². The van der Waals surface area contributed by atoms with E-state index in [2.05, 4.69) is 56.9 Å². The largest absolute Gasteiger partial charge is 0.380 e. The summed E-state index contributed by atoms with van der Waals surface area (Å²) in [6, 6.07) is 8.69. The van der Waals surface area contributed by atoms with Crippen LogP contribution in [0.3, 0.4) is 0 Å². The van der Waals surface area contributed by atoms with Crippen molar-refractivity contribution in [3.05, 3.63) is 35.4 Å². The Balaban J connectivity index is 1.95. The fourth-order valence-corrected chi connectivity index (χ4v) is 3.37. The Bertz CT molecular complexity index is 490. The summed E-state index contributed by atoms with van der Waals surface area (Å²) in [5.41, 5.74) is 2.24. The molecule has 0 bridgehead atoms. The molecule has 0 spiro atoms. The summed E-state index contributed by atoms with van der Waals surface area (Å²) in [5, 5.41) is 0. The lowest BCUT2D eigenvalue weighted by atomic mass is 9.95. The molecule has 1 aromatic carbocycles. The van der Waals surface area contributed by atoms with Crippen molar-refractivity contribution in [1.29, 1.82) is 0 Å². The highest BCUT2D eigenvalue weighted by Crippen LogP contribution is 2.24. The van der Waals surface area contributed by atoms with Gasteiger partial charge >= 0.3 is 0 Å². The summed E-state index contributed by atoms with van der Waals surface area (Å²) in [6.07, 6.45) is 1.71. The van der Waals surface area contributed by atoms with Gasteiger partial charge in [0.25, 0.3) is 0 Å². The minimum absolute atomic E-state index is 0.198. The van der Waals surface area contributed by atoms with Crippen LogP contribution >= 0.6 is 0 Å². The quantitative estimate of drug-likeness (QED) is 0.765. The first-order chi connectivity index (χ1) is 11.3. The van der Waals surface area contributed by atoms with E-state index >= 15 is 0 Å². The van der Waals surface area contributed by atoms with E-state index in [1.165, 1.54) is 11.1 Å². The van der Waals surface area contributed by atoms with Gasteiger partial charge in [-0.05, 0) is 45.2 Å². The first-order valence-electron chi connectivity index (χ1n) is 8.89. The Morgan fingerprint density at radius 2 is 1.71 bits per heavy atom. The average Bonchev–Trinajstić information content (AvgIpc) is 2.53. The lowest BCUT2D eigenvalue weighted by molar-refractivity contribution is -0.0790. The molecule has 0 aromatic heterocycles. The van der Waals surface area contributed by atoms with E-state index in [-0.39, 0.29) is 11.7 Å². The van der Waals surface area contributed by atoms with Gasteiger partial charge in [0.2, 0.25) is 0 Å². The predicted octanol–water partition coefficient (Wildman–Crippen LogP) is 3.23. The second-order valence-corrected chi connectivity index (χ2v) is 7.45. The normalized spacial score (nSPS) is 24.1. The molecule has 2 rings (SSSR count). The van der Waals surface area contributed by atoms with Crippen LogP contribution in [-0.2, 0) is 26.2 Å². The third-order valence-electron chi connectivity index (χ3n) is 4.91. The van der Waals surface area contributed by atoms with Gasteiger partial charge in [-0.15, -0.1) is 0 Å². The number of hydrogen-bond donors (Lipinski definition) is 0. The van der Waals surface area contributed by atoms with Gasteiger partial charge in [0.05, 0.1) is 23.9 Å². The Morgan fingerprint density at radius 3 is 2.21 bits per heavy atom. The SMILES string of the molecule is COC(Cc1ccc(C(C)(C)OC)cc1)CN1CC(C)OC(C)C1. The Labute approximate surface area is 147 Å². The molecule has 1 heterocycles. The molecule has 3 unspecified atom stereocenters. The summed E-state index contributed by atoms with van der Waals surface area (Å²) in [6.45, 7) is 11.3. The van der Waals surface area contributed by atoms with E-state index < -0.39 is 0 Å². The van der Waals surface area contributed by atoms with Crippen LogP contribution < -0.4 is 0 Å². The lowest BCUT2D eigenvalue weighted by Gasteiger charge is -2.36. The third kappa shape index (κ3) is 5.28. The summed E-state index contributed by atoms with van der Waals surface area (Å²) in [4.78, 5) is 2.45. The first kappa shape index (κ1) is 19.4. The molecule has 0 aliphatic carbocycles. The fraction of sp³-hybridized carbons (Fsp3) is 0.700. The summed E-state index contributed by atoms with van der Waals surface area (Å²) in [7, 11) is 3.56. The molecule has 4 nitrogen and oxygen atoms in total. The number of morpholine rings is 1. The van der Waals surface area contributed by atoms with Gasteiger partial charge in [0, 0.05) is 33.9 Å². The van der Waals surface area contributed by atoms with Gasteiger partial charge in [-0.3, -0.25) is 4.90 Å². The average molecular weight is 335 g/mol. The van der Waals surface area contributed by atoms with Gasteiger partial charge < -0.3 is 14.2 Å². The molecule has 24 heavy (non-hydrogen) atoms. The first-order valence-corrected chi connectivity index (χ1v) is 8.89. The molecule has 0 N–H and O–H groups in total. The van der Waals surface area contributed by atoms with E-state index in [0.717, 1.165) is 26.1 Å². The molecular formula is C20H33NO3. The zero-order valence-electron chi connectivity index (χ0n) is 16.0. The van der Waals surface area contributed by atoms with E-state index in [1.807, 2.05) is 0 Å². The molecule has 0 radical (unpaired) electrons. The van der Waals surface area contributed by atoms with Crippen molar-refractivity contribution < 1.29 is 14.2 Å². The maximum absolute atomic E-state index is 5.81. The lowest BCUT2D eigenvalue weighted by Crippen LogP contribution is -2.48.